The van der Waals surface area contributed by atoms with Gasteiger partial charge in [0.25, 0.3) is 0 Å². The van der Waals surface area contributed by atoms with Crippen LogP contribution in [0.5, 0.6) is 0 Å². The maximum Gasteiger partial charge on any atom is 0.180 e. The summed E-state index contributed by atoms with van der Waals surface area (Å²) < 4.78 is 1.94. The first-order valence-electron chi connectivity index (χ1n) is 6.85. The molecule has 2 heterocycles. The summed E-state index contributed by atoms with van der Waals surface area (Å²) in [5, 5.41) is 0. The molecule has 0 saturated carbocycles. The SMILES string of the molecule is CCCN(CCN(C)C)c1nc(NN)cn2ccnc12. The highest BCUT2D eigenvalue weighted by atomic mass is 15.3. The van der Waals surface area contributed by atoms with Crippen LogP contribution in [0.3, 0.4) is 0 Å². The Morgan fingerprint density at radius 3 is 2.75 bits per heavy atom. The molecule has 2 aromatic heterocycles. The summed E-state index contributed by atoms with van der Waals surface area (Å²) in [7, 11) is 4.14. The Bertz CT molecular complexity index is 549. The van der Waals surface area contributed by atoms with E-state index in [2.05, 4.69) is 46.2 Å². The smallest absolute Gasteiger partial charge is 0.180 e. The van der Waals surface area contributed by atoms with Gasteiger partial charge in [0, 0.05) is 32.0 Å². The number of likely N-dealkylation sites (N-methyl/N-ethyl adjacent to an activating group) is 1. The highest BCUT2D eigenvalue weighted by molar-refractivity contribution is 5.66. The van der Waals surface area contributed by atoms with Gasteiger partial charge in [-0.15, -0.1) is 0 Å². The van der Waals surface area contributed by atoms with Crippen LogP contribution in [-0.4, -0.2) is 53.0 Å². The van der Waals surface area contributed by atoms with E-state index in [1.807, 2.05) is 16.8 Å². The van der Waals surface area contributed by atoms with E-state index in [-0.39, 0.29) is 0 Å². The van der Waals surface area contributed by atoms with E-state index in [1.165, 1.54) is 0 Å². The van der Waals surface area contributed by atoms with E-state index in [0.717, 1.165) is 37.5 Å². The summed E-state index contributed by atoms with van der Waals surface area (Å²) in [6.07, 6.45) is 6.57. The van der Waals surface area contributed by atoms with Crippen LogP contribution in [0.4, 0.5) is 11.6 Å². The zero-order valence-corrected chi connectivity index (χ0v) is 12.4. The van der Waals surface area contributed by atoms with Crippen molar-refractivity contribution >= 4 is 17.3 Å². The molecule has 0 amide bonds. The molecule has 7 heteroatoms. The number of anilines is 2. The molecule has 0 aliphatic heterocycles. The fourth-order valence-corrected chi connectivity index (χ4v) is 2.11. The van der Waals surface area contributed by atoms with Gasteiger partial charge in [0.1, 0.15) is 0 Å². The van der Waals surface area contributed by atoms with Gasteiger partial charge >= 0.3 is 0 Å². The fraction of sp³-hybridized carbons (Fsp3) is 0.538. The quantitative estimate of drug-likeness (QED) is 0.576. The normalized spacial score (nSPS) is 11.2. The molecular formula is C13H23N7. The molecule has 7 nitrogen and oxygen atoms in total. The van der Waals surface area contributed by atoms with Gasteiger partial charge in [-0.2, -0.15) is 0 Å². The minimum Gasteiger partial charge on any atom is -0.352 e. The molecule has 0 spiro atoms. The maximum absolute atomic E-state index is 5.50. The first kappa shape index (κ1) is 14.5. The van der Waals surface area contributed by atoms with Gasteiger partial charge < -0.3 is 19.6 Å². The number of nitrogens with one attached hydrogen (secondary N) is 1. The van der Waals surface area contributed by atoms with Crippen LogP contribution in [0.1, 0.15) is 13.3 Å². The van der Waals surface area contributed by atoms with Gasteiger partial charge in [-0.05, 0) is 20.5 Å². The van der Waals surface area contributed by atoms with Gasteiger partial charge in [-0.3, -0.25) is 0 Å². The van der Waals surface area contributed by atoms with E-state index >= 15 is 0 Å². The van der Waals surface area contributed by atoms with Crippen molar-refractivity contribution < 1.29 is 0 Å². The molecule has 0 radical (unpaired) electrons. The predicted octanol–water partition coefficient (Wildman–Crippen LogP) is 0.793. The van der Waals surface area contributed by atoms with Crippen molar-refractivity contribution in [1.29, 1.82) is 0 Å². The molecule has 0 atom stereocenters. The van der Waals surface area contributed by atoms with Crippen molar-refractivity contribution in [3.63, 3.8) is 0 Å². The molecule has 3 N–H and O–H groups in total. The zero-order chi connectivity index (χ0) is 14.5. The Morgan fingerprint density at radius 2 is 2.10 bits per heavy atom. The van der Waals surface area contributed by atoms with Crippen molar-refractivity contribution in [2.45, 2.75) is 13.3 Å². The van der Waals surface area contributed by atoms with E-state index in [4.69, 9.17) is 5.84 Å². The monoisotopic (exact) mass is 277 g/mol. The molecule has 0 saturated heterocycles. The van der Waals surface area contributed by atoms with Crippen LogP contribution in [-0.2, 0) is 0 Å². The van der Waals surface area contributed by atoms with E-state index in [0.29, 0.717) is 5.82 Å². The van der Waals surface area contributed by atoms with Crippen LogP contribution in [0.15, 0.2) is 18.6 Å². The number of nitrogens with two attached hydrogens (primary N) is 1. The van der Waals surface area contributed by atoms with Crippen LogP contribution in [0.2, 0.25) is 0 Å². The summed E-state index contributed by atoms with van der Waals surface area (Å²) in [5.41, 5.74) is 3.47. The van der Waals surface area contributed by atoms with Gasteiger partial charge in [0.05, 0.1) is 6.20 Å². The zero-order valence-electron chi connectivity index (χ0n) is 12.4. The van der Waals surface area contributed by atoms with Gasteiger partial charge in [0.15, 0.2) is 17.3 Å². The van der Waals surface area contributed by atoms with Crippen LogP contribution in [0.25, 0.3) is 5.65 Å². The van der Waals surface area contributed by atoms with Crippen molar-refractivity contribution in [1.82, 2.24) is 19.3 Å². The van der Waals surface area contributed by atoms with Crippen molar-refractivity contribution in [3.8, 4) is 0 Å². The molecular weight excluding hydrogens is 254 g/mol. The number of nitrogens with zero attached hydrogens (tertiary/aromatic N) is 5. The third-order valence-corrected chi connectivity index (χ3v) is 3.11. The number of rotatable bonds is 7. The molecule has 2 aromatic rings. The van der Waals surface area contributed by atoms with Crippen LogP contribution < -0.4 is 16.2 Å². The Kier molecular flexibility index (Phi) is 4.75. The highest BCUT2D eigenvalue weighted by Gasteiger charge is 2.14. The predicted molar refractivity (Wildman–Crippen MR) is 81.9 cm³/mol. The van der Waals surface area contributed by atoms with Crippen molar-refractivity contribution in [2.75, 3.05) is 44.1 Å². The standard InChI is InChI=1S/C13H23N7/c1-4-6-19(9-8-18(2)3)13-12-15-5-7-20(12)10-11(16-13)17-14/h5,7,10,17H,4,6,8-9,14H2,1-3H3. The molecule has 0 bridgehead atoms. The molecule has 110 valence electrons. The van der Waals surface area contributed by atoms with Gasteiger partial charge in [0.2, 0.25) is 0 Å². The second-order valence-corrected chi connectivity index (χ2v) is 5.04. The average molecular weight is 277 g/mol. The Hall–Kier alpha value is -1.86. The summed E-state index contributed by atoms with van der Waals surface area (Å²) in [6, 6.07) is 0. The fourth-order valence-electron chi connectivity index (χ4n) is 2.11. The summed E-state index contributed by atoms with van der Waals surface area (Å²) in [5.74, 6) is 7.01. The van der Waals surface area contributed by atoms with Crippen molar-refractivity contribution in [2.24, 2.45) is 5.84 Å². The summed E-state index contributed by atoms with van der Waals surface area (Å²) >= 11 is 0. The third-order valence-electron chi connectivity index (χ3n) is 3.11. The number of hydrogen-bond donors (Lipinski definition) is 2. The Morgan fingerprint density at radius 1 is 1.30 bits per heavy atom. The number of fused-ring (bicyclic) bond motifs is 1. The topological polar surface area (TPSA) is 74.7 Å². The van der Waals surface area contributed by atoms with E-state index in [9.17, 15) is 0 Å². The number of hydrazine groups is 1. The second kappa shape index (κ2) is 6.53. The molecule has 0 aliphatic carbocycles. The minimum atomic E-state index is 0.636. The van der Waals surface area contributed by atoms with Crippen molar-refractivity contribution in [3.05, 3.63) is 18.6 Å². The minimum absolute atomic E-state index is 0.636. The molecule has 0 aliphatic rings. The number of nitrogen functional groups attached to an aromatic ring is 1. The number of imidazole rings is 1. The second-order valence-electron chi connectivity index (χ2n) is 5.04. The lowest BCUT2D eigenvalue weighted by Gasteiger charge is -2.25. The molecule has 0 aromatic carbocycles. The van der Waals surface area contributed by atoms with E-state index in [1.54, 1.807) is 6.20 Å². The first-order chi connectivity index (χ1) is 9.65. The molecule has 0 unspecified atom stereocenters. The van der Waals surface area contributed by atoms with Crippen LogP contribution >= 0.6 is 0 Å². The lowest BCUT2D eigenvalue weighted by Crippen LogP contribution is -2.33. The number of aromatic nitrogens is 3. The van der Waals surface area contributed by atoms with Gasteiger partial charge in [-0.25, -0.2) is 15.8 Å². The van der Waals surface area contributed by atoms with Gasteiger partial charge in [-0.1, -0.05) is 6.92 Å². The molecule has 0 fully saturated rings. The first-order valence-corrected chi connectivity index (χ1v) is 6.85. The Labute approximate surface area is 119 Å². The molecule has 2 rings (SSSR count). The third kappa shape index (κ3) is 3.17. The highest BCUT2D eigenvalue weighted by Crippen LogP contribution is 2.20. The summed E-state index contributed by atoms with van der Waals surface area (Å²) in [4.78, 5) is 13.4. The van der Waals surface area contributed by atoms with E-state index < -0.39 is 0 Å². The average Bonchev–Trinajstić information content (AvgIpc) is 2.90. The number of hydrogen-bond acceptors (Lipinski definition) is 6. The largest absolute Gasteiger partial charge is 0.352 e. The lowest BCUT2D eigenvalue weighted by atomic mass is 10.3. The maximum atomic E-state index is 5.50. The molecule has 20 heavy (non-hydrogen) atoms. The van der Waals surface area contributed by atoms with Crippen LogP contribution in [0, 0.1) is 0 Å². The Balaban J connectivity index is 2.37. The summed E-state index contributed by atoms with van der Waals surface area (Å²) in [6.45, 7) is 4.98. The lowest BCUT2D eigenvalue weighted by molar-refractivity contribution is 0.412.